The second-order valence-corrected chi connectivity index (χ2v) is 4.45. The van der Waals surface area contributed by atoms with Gasteiger partial charge in [-0.3, -0.25) is 0 Å². The Balaban J connectivity index is 2.70. The van der Waals surface area contributed by atoms with Crippen LogP contribution in [-0.4, -0.2) is 11.5 Å². The van der Waals surface area contributed by atoms with Gasteiger partial charge in [0.1, 0.15) is 4.60 Å². The molecule has 0 bridgehead atoms. The molecule has 0 unspecified atom stereocenters. The van der Waals surface area contributed by atoms with Gasteiger partial charge in [0.25, 0.3) is 0 Å². The lowest BCUT2D eigenvalue weighted by Crippen LogP contribution is -2.08. The summed E-state index contributed by atoms with van der Waals surface area (Å²) in [6.07, 6.45) is 1.62. The van der Waals surface area contributed by atoms with Gasteiger partial charge in [-0.1, -0.05) is 25.4 Å². The van der Waals surface area contributed by atoms with Crippen molar-refractivity contribution in [2.75, 3.05) is 11.9 Å². The van der Waals surface area contributed by atoms with Crippen LogP contribution in [0.2, 0.25) is 5.02 Å². The summed E-state index contributed by atoms with van der Waals surface area (Å²) in [7, 11) is 0. The van der Waals surface area contributed by atoms with Crippen LogP contribution >= 0.6 is 27.5 Å². The summed E-state index contributed by atoms with van der Waals surface area (Å²) < 4.78 is 0.803. The Kier molecular flexibility index (Phi) is 4.00. The fraction of sp³-hybridized carbons (Fsp3) is 0.444. The topological polar surface area (TPSA) is 24.9 Å². The average molecular weight is 264 g/mol. The van der Waals surface area contributed by atoms with Gasteiger partial charge < -0.3 is 5.32 Å². The monoisotopic (exact) mass is 262 g/mol. The first-order valence-corrected chi connectivity index (χ1v) is 5.31. The summed E-state index contributed by atoms with van der Waals surface area (Å²) in [6.45, 7) is 5.22. The smallest absolute Gasteiger partial charge is 0.129 e. The zero-order valence-electron chi connectivity index (χ0n) is 7.64. The van der Waals surface area contributed by atoms with Gasteiger partial charge in [0.2, 0.25) is 0 Å². The molecule has 1 heterocycles. The molecule has 0 saturated heterocycles. The Labute approximate surface area is 91.8 Å². The maximum absolute atomic E-state index is 5.81. The van der Waals surface area contributed by atoms with Crippen LogP contribution in [0.25, 0.3) is 0 Å². The second kappa shape index (κ2) is 4.82. The van der Waals surface area contributed by atoms with Crippen LogP contribution in [0.15, 0.2) is 16.9 Å². The van der Waals surface area contributed by atoms with Crippen LogP contribution in [0.3, 0.4) is 0 Å². The van der Waals surface area contributed by atoms with E-state index in [2.05, 4.69) is 40.1 Å². The fourth-order valence-electron chi connectivity index (χ4n) is 0.861. The van der Waals surface area contributed by atoms with Crippen LogP contribution in [0, 0.1) is 5.92 Å². The number of anilines is 1. The molecule has 0 aliphatic rings. The first-order chi connectivity index (χ1) is 6.09. The Morgan fingerprint density at radius 3 is 2.92 bits per heavy atom. The van der Waals surface area contributed by atoms with Crippen molar-refractivity contribution in [3.05, 3.63) is 21.9 Å². The van der Waals surface area contributed by atoms with E-state index in [0.717, 1.165) is 16.8 Å². The van der Waals surface area contributed by atoms with E-state index in [0.29, 0.717) is 10.9 Å². The number of rotatable bonds is 3. The number of hydrogen-bond donors (Lipinski definition) is 1. The van der Waals surface area contributed by atoms with Crippen LogP contribution in [-0.2, 0) is 0 Å². The van der Waals surface area contributed by atoms with E-state index >= 15 is 0 Å². The molecule has 72 valence electrons. The molecule has 0 aromatic carbocycles. The van der Waals surface area contributed by atoms with Crippen molar-refractivity contribution in [3.63, 3.8) is 0 Å². The van der Waals surface area contributed by atoms with Gasteiger partial charge in [0, 0.05) is 12.7 Å². The van der Waals surface area contributed by atoms with Crippen LogP contribution in [0.1, 0.15) is 13.8 Å². The number of halogens is 2. The van der Waals surface area contributed by atoms with Crippen LogP contribution < -0.4 is 5.32 Å². The van der Waals surface area contributed by atoms with Crippen molar-refractivity contribution in [1.29, 1.82) is 0 Å². The van der Waals surface area contributed by atoms with Crippen molar-refractivity contribution in [2.45, 2.75) is 13.8 Å². The first kappa shape index (κ1) is 10.8. The number of aromatic nitrogens is 1. The summed E-state index contributed by atoms with van der Waals surface area (Å²) in [4.78, 5) is 4.08. The number of hydrogen-bond acceptors (Lipinski definition) is 2. The minimum Gasteiger partial charge on any atom is -0.383 e. The molecule has 13 heavy (non-hydrogen) atoms. The highest BCUT2D eigenvalue weighted by molar-refractivity contribution is 9.10. The standard InChI is InChI=1S/C9H12BrClN2/c1-6(2)4-12-8-3-7(11)5-13-9(8)10/h3,5-6,12H,4H2,1-2H3. The zero-order chi connectivity index (χ0) is 9.84. The van der Waals surface area contributed by atoms with Crippen molar-refractivity contribution < 1.29 is 0 Å². The van der Waals surface area contributed by atoms with Gasteiger partial charge in [-0.05, 0) is 27.9 Å². The summed E-state index contributed by atoms with van der Waals surface area (Å²) in [5.41, 5.74) is 0.946. The maximum atomic E-state index is 5.81. The van der Waals surface area contributed by atoms with Crippen molar-refractivity contribution >= 4 is 33.2 Å². The second-order valence-electron chi connectivity index (χ2n) is 3.27. The third-order valence-electron chi connectivity index (χ3n) is 1.51. The maximum Gasteiger partial charge on any atom is 0.129 e. The average Bonchev–Trinajstić information content (AvgIpc) is 2.06. The third-order valence-corrected chi connectivity index (χ3v) is 2.35. The lowest BCUT2D eigenvalue weighted by molar-refractivity contribution is 0.688. The minimum atomic E-state index is 0.603. The SMILES string of the molecule is CC(C)CNc1cc(Cl)cnc1Br. The predicted octanol–water partition coefficient (Wildman–Crippen LogP) is 3.57. The molecule has 1 N–H and O–H groups in total. The lowest BCUT2D eigenvalue weighted by atomic mass is 10.2. The van der Waals surface area contributed by atoms with E-state index < -0.39 is 0 Å². The molecule has 0 atom stereocenters. The number of pyridine rings is 1. The Bertz CT molecular complexity index is 289. The molecule has 0 amide bonds. The largest absolute Gasteiger partial charge is 0.383 e. The minimum absolute atomic E-state index is 0.603. The highest BCUT2D eigenvalue weighted by atomic mass is 79.9. The molecule has 1 aromatic rings. The first-order valence-electron chi connectivity index (χ1n) is 4.14. The molecule has 4 heteroatoms. The molecule has 1 rings (SSSR count). The zero-order valence-corrected chi connectivity index (χ0v) is 9.98. The summed E-state index contributed by atoms with van der Waals surface area (Å²) in [5, 5.41) is 3.91. The lowest BCUT2D eigenvalue weighted by Gasteiger charge is -2.09. The summed E-state index contributed by atoms with van der Waals surface area (Å²) in [5.74, 6) is 0.603. The fourth-order valence-corrected chi connectivity index (χ4v) is 1.38. The van der Waals surface area contributed by atoms with E-state index in [1.54, 1.807) is 6.20 Å². The van der Waals surface area contributed by atoms with Crippen molar-refractivity contribution in [2.24, 2.45) is 5.92 Å². The normalized spacial score (nSPS) is 10.5. The Hall–Kier alpha value is -0.280. The van der Waals surface area contributed by atoms with E-state index in [4.69, 9.17) is 11.6 Å². The van der Waals surface area contributed by atoms with Gasteiger partial charge in [0.05, 0.1) is 10.7 Å². The van der Waals surface area contributed by atoms with Gasteiger partial charge in [0.15, 0.2) is 0 Å². The molecule has 0 aliphatic carbocycles. The predicted molar refractivity (Wildman–Crippen MR) is 60.3 cm³/mol. The van der Waals surface area contributed by atoms with Crippen molar-refractivity contribution in [3.8, 4) is 0 Å². The van der Waals surface area contributed by atoms with Crippen LogP contribution in [0.5, 0.6) is 0 Å². The number of nitrogens with one attached hydrogen (secondary N) is 1. The van der Waals surface area contributed by atoms with Crippen LogP contribution in [0.4, 0.5) is 5.69 Å². The van der Waals surface area contributed by atoms with E-state index in [-0.39, 0.29) is 0 Å². The van der Waals surface area contributed by atoms with E-state index in [1.807, 2.05) is 6.07 Å². The van der Waals surface area contributed by atoms with Crippen molar-refractivity contribution in [1.82, 2.24) is 4.98 Å². The molecule has 0 aliphatic heterocycles. The van der Waals surface area contributed by atoms with E-state index in [9.17, 15) is 0 Å². The van der Waals surface area contributed by atoms with Gasteiger partial charge >= 0.3 is 0 Å². The highest BCUT2D eigenvalue weighted by Gasteiger charge is 2.02. The van der Waals surface area contributed by atoms with E-state index in [1.165, 1.54) is 0 Å². The molecular formula is C9H12BrClN2. The molecule has 0 fully saturated rings. The quantitative estimate of drug-likeness (QED) is 0.844. The molecule has 2 nitrogen and oxygen atoms in total. The molecule has 0 spiro atoms. The van der Waals surface area contributed by atoms with Gasteiger partial charge in [-0.2, -0.15) is 0 Å². The number of nitrogens with zero attached hydrogens (tertiary/aromatic N) is 1. The Morgan fingerprint density at radius 1 is 1.62 bits per heavy atom. The van der Waals surface area contributed by atoms with Gasteiger partial charge in [-0.15, -0.1) is 0 Å². The molecule has 0 radical (unpaired) electrons. The molecule has 1 aromatic heterocycles. The van der Waals surface area contributed by atoms with Gasteiger partial charge in [-0.25, -0.2) is 4.98 Å². The molecule has 0 saturated carbocycles. The Morgan fingerprint density at radius 2 is 2.31 bits per heavy atom. The molecular weight excluding hydrogens is 251 g/mol. The summed E-state index contributed by atoms with van der Waals surface area (Å²) >= 11 is 9.16. The third kappa shape index (κ3) is 3.53. The highest BCUT2D eigenvalue weighted by Crippen LogP contribution is 2.23. The summed E-state index contributed by atoms with van der Waals surface area (Å²) in [6, 6.07) is 1.86.